The van der Waals surface area contributed by atoms with Gasteiger partial charge in [0.25, 0.3) is 23.3 Å². The molecule has 3 fully saturated rings. The molecule has 0 spiro atoms. The van der Waals surface area contributed by atoms with Crippen molar-refractivity contribution in [2.45, 2.75) is 91.4 Å². The van der Waals surface area contributed by atoms with Crippen molar-refractivity contribution in [1.82, 2.24) is 35.6 Å². The summed E-state index contributed by atoms with van der Waals surface area (Å²) in [6.45, 7) is 13.6. The number of fused-ring (bicyclic) bond motifs is 1. The number of pyridine rings is 1. The number of morpholine rings is 1. The Hall–Kier alpha value is -7.18. The summed E-state index contributed by atoms with van der Waals surface area (Å²) in [7, 11) is 0. The maximum absolute atomic E-state index is 14.1. The number of likely N-dealkylation sites (tertiary alicyclic amines) is 1. The maximum Gasteiger partial charge on any atom is 0.266 e. The molecular formula is C53H62N8O10. The molecule has 4 aromatic rings. The number of piperidine rings is 2. The molecule has 0 bridgehead atoms. The van der Waals surface area contributed by atoms with Gasteiger partial charge in [-0.05, 0) is 105 Å². The van der Waals surface area contributed by atoms with Gasteiger partial charge in [0.1, 0.15) is 18.4 Å². The number of H-pyrrole nitrogens is 1. The lowest BCUT2D eigenvalue weighted by atomic mass is 9.94. The average molecular weight is 971 g/mol. The summed E-state index contributed by atoms with van der Waals surface area (Å²) < 4.78 is 11.4. The van der Waals surface area contributed by atoms with Gasteiger partial charge >= 0.3 is 0 Å². The lowest BCUT2D eigenvalue weighted by molar-refractivity contribution is -0.136. The zero-order chi connectivity index (χ0) is 50.3. The number of ether oxygens (including phenoxy) is 2. The van der Waals surface area contributed by atoms with Crippen molar-refractivity contribution in [1.29, 1.82) is 0 Å². The highest BCUT2D eigenvalue weighted by Gasteiger charge is 2.46. The molecule has 4 aliphatic heterocycles. The van der Waals surface area contributed by atoms with E-state index in [9.17, 15) is 38.4 Å². The highest BCUT2D eigenvalue weighted by atomic mass is 16.5. The van der Waals surface area contributed by atoms with E-state index in [-0.39, 0.29) is 91.6 Å². The van der Waals surface area contributed by atoms with Crippen molar-refractivity contribution >= 4 is 47.0 Å². The maximum atomic E-state index is 14.1. The normalized spacial score (nSPS) is 17.5. The number of benzene rings is 3. The molecule has 7 amide bonds. The zero-order valence-corrected chi connectivity index (χ0v) is 40.8. The smallest absolute Gasteiger partial charge is 0.266 e. The number of carbonyl (C=O) groups is 7. The van der Waals surface area contributed by atoms with E-state index in [2.05, 4.69) is 68.0 Å². The van der Waals surface area contributed by atoms with Crippen LogP contribution in [0.5, 0.6) is 5.75 Å². The molecule has 1 aromatic heterocycles. The first kappa shape index (κ1) is 50.2. The molecule has 18 heteroatoms. The summed E-state index contributed by atoms with van der Waals surface area (Å²) in [5.74, 6) is -3.12. The Labute approximate surface area is 412 Å². The van der Waals surface area contributed by atoms with Crippen LogP contribution in [0.25, 0.3) is 11.1 Å². The third-order valence-corrected chi connectivity index (χ3v) is 13.9. The van der Waals surface area contributed by atoms with Gasteiger partial charge in [-0.1, -0.05) is 30.3 Å². The minimum Gasteiger partial charge on any atom is -0.491 e. The summed E-state index contributed by atoms with van der Waals surface area (Å²) in [5.41, 5.74) is 7.25. The number of rotatable bonds is 17. The molecule has 3 aromatic carbocycles. The molecule has 1 atom stereocenters. The van der Waals surface area contributed by atoms with Gasteiger partial charge in [-0.2, -0.15) is 0 Å². The Morgan fingerprint density at radius 3 is 2.30 bits per heavy atom. The van der Waals surface area contributed by atoms with Crippen LogP contribution in [0.3, 0.4) is 0 Å². The molecule has 8 rings (SSSR count). The first-order chi connectivity index (χ1) is 34.2. The van der Waals surface area contributed by atoms with E-state index >= 15 is 0 Å². The standard InChI is InChI=1S/C53H62N8O10/c1-5-60(43-29-37(36-11-9-35(10-12-36)31-58-22-25-70-26-23-58)28-40(34(43)4)49(65)55-30-41-32(2)27-33(3)56-50(41)66)38-17-20-59(21-18-38)47(64)16-15-45(62)54-19-24-71-44-8-6-7-39-48(44)53(69)61(52(39)68)42-13-14-46(63)57-51(42)67/h6-12,27-29,38,42H,5,13-26,30-31H2,1-4H3,(H,54,62)(H,55,65)(H,56,66)(H,57,63,67). The molecule has 4 aliphatic rings. The van der Waals surface area contributed by atoms with Gasteiger partial charge in [0.05, 0.1) is 30.9 Å². The average Bonchev–Trinajstić information content (AvgIpc) is 3.61. The lowest BCUT2D eigenvalue weighted by Gasteiger charge is -2.40. The van der Waals surface area contributed by atoms with Crippen LogP contribution in [-0.4, -0.2) is 132 Å². The van der Waals surface area contributed by atoms with Crippen LogP contribution in [0.4, 0.5) is 5.69 Å². The Balaban J connectivity index is 0.866. The van der Waals surface area contributed by atoms with Gasteiger partial charge in [0, 0.05) is 93.6 Å². The topological polar surface area (TPSA) is 220 Å². The van der Waals surface area contributed by atoms with E-state index in [1.54, 1.807) is 11.0 Å². The Morgan fingerprint density at radius 1 is 0.845 bits per heavy atom. The summed E-state index contributed by atoms with van der Waals surface area (Å²) in [4.78, 5) is 114. The molecule has 5 heterocycles. The van der Waals surface area contributed by atoms with Crippen LogP contribution in [-0.2, 0) is 37.0 Å². The second-order valence-corrected chi connectivity index (χ2v) is 18.6. The second kappa shape index (κ2) is 22.3. The van der Waals surface area contributed by atoms with Crippen LogP contribution in [0, 0.1) is 20.8 Å². The Morgan fingerprint density at radius 2 is 1.59 bits per heavy atom. The van der Waals surface area contributed by atoms with Crippen molar-refractivity contribution in [3.8, 4) is 16.9 Å². The van der Waals surface area contributed by atoms with Crippen LogP contribution in [0.15, 0.2) is 65.5 Å². The van der Waals surface area contributed by atoms with Crippen LogP contribution < -0.4 is 31.1 Å². The number of imide groups is 2. The lowest BCUT2D eigenvalue weighted by Crippen LogP contribution is -2.54. The molecule has 0 radical (unpaired) electrons. The number of aromatic nitrogens is 1. The van der Waals surface area contributed by atoms with E-state index < -0.39 is 29.7 Å². The summed E-state index contributed by atoms with van der Waals surface area (Å²) in [6.07, 6.45) is 1.39. The Kier molecular flexibility index (Phi) is 15.8. The zero-order valence-electron chi connectivity index (χ0n) is 40.8. The molecule has 3 saturated heterocycles. The predicted molar refractivity (Wildman–Crippen MR) is 264 cm³/mol. The molecular weight excluding hydrogens is 909 g/mol. The Bertz CT molecular complexity index is 2780. The van der Waals surface area contributed by atoms with Crippen molar-refractivity contribution in [3.63, 3.8) is 0 Å². The van der Waals surface area contributed by atoms with Gasteiger partial charge in [0.15, 0.2) is 0 Å². The molecule has 0 aliphatic carbocycles. The summed E-state index contributed by atoms with van der Waals surface area (Å²) in [6, 6.07) is 18.0. The first-order valence-corrected chi connectivity index (χ1v) is 24.5. The number of aryl methyl sites for hydroxylation is 2. The largest absolute Gasteiger partial charge is 0.491 e. The number of aromatic amines is 1. The molecule has 18 nitrogen and oxygen atoms in total. The molecule has 71 heavy (non-hydrogen) atoms. The number of hydrogen-bond acceptors (Lipinski definition) is 12. The fraction of sp³-hybridized carbons (Fsp3) is 0.434. The van der Waals surface area contributed by atoms with Crippen LogP contribution in [0.2, 0.25) is 0 Å². The SMILES string of the molecule is CCN(c1cc(-c2ccc(CN3CCOCC3)cc2)cc(C(=O)NCc2c(C)cc(C)[nH]c2=O)c1C)C1CCN(C(=O)CCC(=O)NCCOc2cccc3c2C(=O)N(C2CCC(=O)NC2=O)C3=O)CC1. The number of hydrogen-bond donors (Lipinski definition) is 4. The summed E-state index contributed by atoms with van der Waals surface area (Å²) >= 11 is 0. The number of carbonyl (C=O) groups excluding carboxylic acids is 7. The van der Waals surface area contributed by atoms with E-state index in [1.165, 1.54) is 17.7 Å². The van der Waals surface area contributed by atoms with Crippen LogP contribution in [0.1, 0.15) is 104 Å². The molecule has 374 valence electrons. The van der Waals surface area contributed by atoms with Gasteiger partial charge in [0.2, 0.25) is 23.6 Å². The van der Waals surface area contributed by atoms with Crippen molar-refractivity contribution in [2.75, 3.05) is 64.0 Å². The van der Waals surface area contributed by atoms with Crippen molar-refractivity contribution in [3.05, 3.63) is 116 Å². The van der Waals surface area contributed by atoms with E-state index in [0.717, 1.165) is 71.4 Å². The minimum atomic E-state index is -1.11. The van der Waals surface area contributed by atoms with Gasteiger partial charge < -0.3 is 34.9 Å². The minimum absolute atomic E-state index is 0.00506. The molecule has 1 unspecified atom stereocenters. The highest BCUT2D eigenvalue weighted by molar-refractivity contribution is 6.24. The fourth-order valence-electron chi connectivity index (χ4n) is 10.1. The monoisotopic (exact) mass is 970 g/mol. The number of amides is 7. The molecule has 4 N–H and O–H groups in total. The predicted octanol–water partition coefficient (Wildman–Crippen LogP) is 3.92. The fourth-order valence-corrected chi connectivity index (χ4v) is 10.1. The third-order valence-electron chi connectivity index (χ3n) is 13.9. The summed E-state index contributed by atoms with van der Waals surface area (Å²) in [5, 5.41) is 7.96. The quantitative estimate of drug-likeness (QED) is 0.0875. The highest BCUT2D eigenvalue weighted by Crippen LogP contribution is 2.36. The van der Waals surface area contributed by atoms with Gasteiger partial charge in [-0.15, -0.1) is 0 Å². The van der Waals surface area contributed by atoms with E-state index in [4.69, 9.17) is 9.47 Å². The van der Waals surface area contributed by atoms with E-state index in [0.29, 0.717) is 43.6 Å². The van der Waals surface area contributed by atoms with Gasteiger partial charge in [-0.3, -0.25) is 53.5 Å². The van der Waals surface area contributed by atoms with Crippen LogP contribution >= 0.6 is 0 Å². The number of anilines is 1. The molecule has 0 saturated carbocycles. The van der Waals surface area contributed by atoms with Crippen molar-refractivity contribution in [2.24, 2.45) is 0 Å². The van der Waals surface area contributed by atoms with E-state index in [1.807, 2.05) is 32.9 Å². The number of nitrogens with one attached hydrogen (secondary N) is 4. The number of nitrogens with zero attached hydrogens (tertiary/aromatic N) is 4. The first-order valence-electron chi connectivity index (χ1n) is 24.5. The van der Waals surface area contributed by atoms with Gasteiger partial charge in [-0.25, -0.2) is 0 Å². The van der Waals surface area contributed by atoms with Crippen molar-refractivity contribution < 1.29 is 43.0 Å². The second-order valence-electron chi connectivity index (χ2n) is 18.6. The third kappa shape index (κ3) is 11.4.